The van der Waals surface area contributed by atoms with Crippen molar-refractivity contribution in [1.29, 1.82) is 0 Å². The minimum Gasteiger partial charge on any atom is -0.369 e. The number of benzene rings is 1. The molecular weight excluding hydrogens is 261 g/mol. The van der Waals surface area contributed by atoms with Crippen molar-refractivity contribution in [3.8, 4) is 0 Å². The molecule has 2 aromatic heterocycles. The molecule has 0 aliphatic carbocycles. The number of rotatable bonds is 2. The number of aryl methyl sites for hydroxylation is 1. The molecule has 2 heterocycles. The summed E-state index contributed by atoms with van der Waals surface area (Å²) < 4.78 is 15.1. The monoisotopic (exact) mass is 273 g/mol. The summed E-state index contributed by atoms with van der Waals surface area (Å²) in [5, 5.41) is 0. The number of aromatic nitrogens is 4. The van der Waals surface area contributed by atoms with Gasteiger partial charge in [-0.2, -0.15) is 4.98 Å². The lowest BCUT2D eigenvalue weighted by molar-refractivity contribution is 0.596. The van der Waals surface area contributed by atoms with E-state index >= 15 is 0 Å². The van der Waals surface area contributed by atoms with Crippen LogP contribution in [-0.4, -0.2) is 19.5 Å². The van der Waals surface area contributed by atoms with Crippen LogP contribution in [-0.2, 0) is 6.54 Å². The first-order valence-corrected chi connectivity index (χ1v) is 6.00. The zero-order valence-corrected chi connectivity index (χ0v) is 10.7. The average molecular weight is 273 g/mol. The Balaban J connectivity index is 2.12. The number of nitrogens with two attached hydrogens (primary N) is 1. The van der Waals surface area contributed by atoms with E-state index in [0.717, 1.165) is 5.56 Å². The molecule has 3 aromatic rings. The second-order valence-electron chi connectivity index (χ2n) is 4.56. The van der Waals surface area contributed by atoms with Crippen molar-refractivity contribution >= 4 is 17.1 Å². The summed E-state index contributed by atoms with van der Waals surface area (Å²) in [6.45, 7) is 1.82. The molecule has 0 radical (unpaired) electrons. The van der Waals surface area contributed by atoms with Crippen molar-refractivity contribution in [1.82, 2.24) is 19.5 Å². The first-order valence-electron chi connectivity index (χ1n) is 6.00. The molecule has 0 bridgehead atoms. The van der Waals surface area contributed by atoms with Crippen LogP contribution in [0.4, 0.5) is 10.3 Å². The standard InChI is InChI=1S/C13H12FN5O/c1-7-2-3-8(9(14)4-7)5-19-12(20)10-11(17-6-16-10)18-13(19)15/h2-4,6H,5H2,1H3,(H2,15,18)(H,16,17). The lowest BCUT2D eigenvalue weighted by atomic mass is 10.1. The summed E-state index contributed by atoms with van der Waals surface area (Å²) in [6.07, 6.45) is 1.37. The van der Waals surface area contributed by atoms with Crippen molar-refractivity contribution in [2.75, 3.05) is 5.73 Å². The molecule has 3 rings (SSSR count). The first-order chi connectivity index (χ1) is 9.56. The van der Waals surface area contributed by atoms with Gasteiger partial charge < -0.3 is 10.7 Å². The van der Waals surface area contributed by atoms with Gasteiger partial charge in [0.05, 0.1) is 12.9 Å². The Morgan fingerprint density at radius 2 is 2.25 bits per heavy atom. The Hall–Kier alpha value is -2.70. The minimum absolute atomic E-state index is 0.0201. The van der Waals surface area contributed by atoms with Gasteiger partial charge >= 0.3 is 0 Å². The third-order valence-electron chi connectivity index (χ3n) is 3.11. The Morgan fingerprint density at radius 1 is 1.45 bits per heavy atom. The van der Waals surface area contributed by atoms with Gasteiger partial charge in [0, 0.05) is 5.56 Å². The number of nitrogens with zero attached hydrogens (tertiary/aromatic N) is 3. The second kappa shape index (κ2) is 4.44. The Bertz CT molecular complexity index is 852. The number of hydrogen-bond acceptors (Lipinski definition) is 4. The number of halogens is 1. The lowest BCUT2D eigenvalue weighted by Crippen LogP contribution is -2.25. The van der Waals surface area contributed by atoms with Crippen LogP contribution in [0.1, 0.15) is 11.1 Å². The smallest absolute Gasteiger partial charge is 0.283 e. The largest absolute Gasteiger partial charge is 0.369 e. The van der Waals surface area contributed by atoms with Crippen molar-refractivity contribution in [3.63, 3.8) is 0 Å². The number of imidazole rings is 1. The van der Waals surface area contributed by atoms with Gasteiger partial charge in [-0.05, 0) is 18.6 Å². The van der Waals surface area contributed by atoms with Crippen LogP contribution in [0.25, 0.3) is 11.2 Å². The van der Waals surface area contributed by atoms with E-state index in [4.69, 9.17) is 5.73 Å². The number of aromatic amines is 1. The third-order valence-corrected chi connectivity index (χ3v) is 3.11. The molecule has 1 aromatic carbocycles. The zero-order chi connectivity index (χ0) is 14.3. The maximum atomic E-state index is 13.9. The number of nitrogen functional groups attached to an aromatic ring is 1. The molecule has 102 valence electrons. The summed E-state index contributed by atoms with van der Waals surface area (Å²) >= 11 is 0. The number of H-pyrrole nitrogens is 1. The summed E-state index contributed by atoms with van der Waals surface area (Å²) in [6, 6.07) is 4.82. The highest BCUT2D eigenvalue weighted by molar-refractivity contribution is 5.69. The van der Waals surface area contributed by atoms with Gasteiger partial charge in [0.2, 0.25) is 5.95 Å². The average Bonchev–Trinajstić information content (AvgIpc) is 2.85. The van der Waals surface area contributed by atoms with E-state index in [9.17, 15) is 9.18 Å². The summed E-state index contributed by atoms with van der Waals surface area (Å²) in [5.74, 6) is -0.356. The summed E-state index contributed by atoms with van der Waals surface area (Å²) in [4.78, 5) is 22.9. The maximum Gasteiger partial charge on any atom is 0.283 e. The van der Waals surface area contributed by atoms with Gasteiger partial charge in [0.25, 0.3) is 5.56 Å². The Morgan fingerprint density at radius 3 is 3.00 bits per heavy atom. The van der Waals surface area contributed by atoms with Crippen LogP contribution in [0.5, 0.6) is 0 Å². The van der Waals surface area contributed by atoms with E-state index in [1.54, 1.807) is 19.1 Å². The molecule has 0 saturated heterocycles. The zero-order valence-electron chi connectivity index (χ0n) is 10.7. The fourth-order valence-corrected chi connectivity index (χ4v) is 2.04. The predicted molar refractivity (Wildman–Crippen MR) is 72.8 cm³/mol. The number of nitrogens with one attached hydrogen (secondary N) is 1. The van der Waals surface area contributed by atoms with E-state index in [2.05, 4.69) is 15.0 Å². The molecule has 0 unspecified atom stereocenters. The van der Waals surface area contributed by atoms with Gasteiger partial charge in [0.1, 0.15) is 5.82 Å². The van der Waals surface area contributed by atoms with Crippen molar-refractivity contribution in [2.45, 2.75) is 13.5 Å². The number of hydrogen-bond donors (Lipinski definition) is 2. The van der Waals surface area contributed by atoms with Crippen LogP contribution < -0.4 is 11.3 Å². The molecular formula is C13H12FN5O. The van der Waals surface area contributed by atoms with Crippen LogP contribution in [0.3, 0.4) is 0 Å². The lowest BCUT2D eigenvalue weighted by Gasteiger charge is -2.09. The van der Waals surface area contributed by atoms with E-state index < -0.39 is 5.56 Å². The topological polar surface area (TPSA) is 89.6 Å². The molecule has 0 atom stereocenters. The molecule has 7 heteroatoms. The highest BCUT2D eigenvalue weighted by Gasteiger charge is 2.12. The molecule has 3 N–H and O–H groups in total. The molecule has 0 aliphatic heterocycles. The fraction of sp³-hybridized carbons (Fsp3) is 0.154. The highest BCUT2D eigenvalue weighted by Crippen LogP contribution is 2.13. The van der Waals surface area contributed by atoms with E-state index in [1.807, 2.05) is 0 Å². The fourth-order valence-electron chi connectivity index (χ4n) is 2.04. The highest BCUT2D eigenvalue weighted by atomic mass is 19.1. The maximum absolute atomic E-state index is 13.9. The van der Waals surface area contributed by atoms with Crippen molar-refractivity contribution < 1.29 is 4.39 Å². The van der Waals surface area contributed by atoms with Gasteiger partial charge in [-0.3, -0.25) is 9.36 Å². The van der Waals surface area contributed by atoms with Crippen LogP contribution >= 0.6 is 0 Å². The van der Waals surface area contributed by atoms with Gasteiger partial charge in [-0.15, -0.1) is 0 Å². The molecule has 0 spiro atoms. The number of anilines is 1. The summed E-state index contributed by atoms with van der Waals surface area (Å²) in [5.41, 5.74) is 7.06. The Labute approximate surface area is 113 Å². The van der Waals surface area contributed by atoms with Gasteiger partial charge in [-0.1, -0.05) is 12.1 Å². The van der Waals surface area contributed by atoms with Crippen LogP contribution in [0, 0.1) is 12.7 Å². The van der Waals surface area contributed by atoms with E-state index in [-0.39, 0.29) is 23.8 Å². The van der Waals surface area contributed by atoms with Crippen LogP contribution in [0.2, 0.25) is 0 Å². The molecule has 0 fully saturated rings. The normalized spacial score (nSPS) is 11.1. The quantitative estimate of drug-likeness (QED) is 0.734. The van der Waals surface area contributed by atoms with Gasteiger partial charge in [-0.25, -0.2) is 9.37 Å². The molecule has 0 aliphatic rings. The predicted octanol–water partition coefficient (Wildman–Crippen LogP) is 1.20. The summed E-state index contributed by atoms with van der Waals surface area (Å²) in [7, 11) is 0. The second-order valence-corrected chi connectivity index (χ2v) is 4.56. The van der Waals surface area contributed by atoms with Crippen molar-refractivity contribution in [2.24, 2.45) is 0 Å². The minimum atomic E-state index is -0.395. The number of fused-ring (bicyclic) bond motifs is 1. The van der Waals surface area contributed by atoms with Crippen molar-refractivity contribution in [3.05, 3.63) is 51.8 Å². The molecule has 20 heavy (non-hydrogen) atoms. The first kappa shape index (κ1) is 12.3. The van der Waals surface area contributed by atoms with E-state index in [1.165, 1.54) is 17.0 Å². The van der Waals surface area contributed by atoms with Crippen LogP contribution in [0.15, 0.2) is 29.3 Å². The van der Waals surface area contributed by atoms with E-state index in [0.29, 0.717) is 11.2 Å². The van der Waals surface area contributed by atoms with Gasteiger partial charge in [0.15, 0.2) is 11.2 Å². The molecule has 6 nitrogen and oxygen atoms in total. The SMILES string of the molecule is Cc1ccc(Cn2c(N)nc3[nH]cnc3c2=O)c(F)c1. The molecule has 0 saturated carbocycles. The molecule has 0 amide bonds. The Kier molecular flexibility index (Phi) is 2.74. The third kappa shape index (κ3) is 1.93.